The lowest BCUT2D eigenvalue weighted by Crippen LogP contribution is -2.50. The maximum atomic E-state index is 13.2. The van der Waals surface area contributed by atoms with E-state index in [4.69, 9.17) is 5.73 Å². The second-order valence-corrected chi connectivity index (χ2v) is 10.1. The summed E-state index contributed by atoms with van der Waals surface area (Å²) in [6.07, 6.45) is 1.08. The summed E-state index contributed by atoms with van der Waals surface area (Å²) in [5, 5.41) is 5.18. The molecule has 0 bridgehead atoms. The number of nitrogens with one attached hydrogen (secondary N) is 2. The second kappa shape index (κ2) is 11.5. The van der Waals surface area contributed by atoms with E-state index in [1.54, 1.807) is 11.9 Å². The van der Waals surface area contributed by atoms with Gasteiger partial charge >= 0.3 is 6.03 Å². The van der Waals surface area contributed by atoms with Gasteiger partial charge in [-0.2, -0.15) is 12.6 Å². The van der Waals surface area contributed by atoms with Gasteiger partial charge in [-0.15, -0.1) is 11.8 Å². The fraction of sp³-hybridized carbons (Fsp3) is 0.571. The number of carbonyl (C=O) groups is 3. The molecule has 1 fully saturated rings. The lowest BCUT2D eigenvalue weighted by atomic mass is 10.0. The molecule has 1 aliphatic rings. The van der Waals surface area contributed by atoms with Crippen molar-refractivity contribution >= 4 is 42.2 Å². The molecular formula is C21H32N4O3S2. The Morgan fingerprint density at radius 1 is 1.20 bits per heavy atom. The van der Waals surface area contributed by atoms with Gasteiger partial charge in [0.1, 0.15) is 6.04 Å². The van der Waals surface area contributed by atoms with Gasteiger partial charge in [-0.25, -0.2) is 4.79 Å². The molecule has 0 radical (unpaired) electrons. The van der Waals surface area contributed by atoms with Crippen LogP contribution in [-0.4, -0.2) is 64.7 Å². The van der Waals surface area contributed by atoms with E-state index < -0.39 is 12.1 Å². The van der Waals surface area contributed by atoms with E-state index in [1.807, 2.05) is 30.3 Å². The van der Waals surface area contributed by atoms with Gasteiger partial charge in [0.25, 0.3) is 0 Å². The summed E-state index contributed by atoms with van der Waals surface area (Å²) < 4.78 is 0. The van der Waals surface area contributed by atoms with Gasteiger partial charge in [-0.3, -0.25) is 9.59 Å². The number of likely N-dealkylation sites (N-methyl/N-ethyl adjacent to an activating group) is 1. The molecular weight excluding hydrogens is 420 g/mol. The molecule has 1 saturated heterocycles. The molecule has 9 heteroatoms. The minimum Gasteiger partial charge on any atom is -0.357 e. The number of carbonyl (C=O) groups excluding carboxylic acids is 3. The number of nitrogens with two attached hydrogens (primary N) is 1. The van der Waals surface area contributed by atoms with Crippen molar-refractivity contribution in [1.29, 1.82) is 0 Å². The normalized spacial score (nSPS) is 20.6. The number of likely N-dealkylation sites (tertiary alicyclic amines) is 1. The number of nitrogens with zero attached hydrogens (tertiary/aromatic N) is 1. The molecule has 0 saturated carbocycles. The zero-order valence-corrected chi connectivity index (χ0v) is 19.4. The van der Waals surface area contributed by atoms with Crippen LogP contribution in [0.15, 0.2) is 30.3 Å². The predicted octanol–water partition coefficient (Wildman–Crippen LogP) is 1.67. The van der Waals surface area contributed by atoms with Crippen LogP contribution in [0.3, 0.4) is 0 Å². The highest BCUT2D eigenvalue weighted by Crippen LogP contribution is 2.32. The minimum atomic E-state index is -0.655. The van der Waals surface area contributed by atoms with Gasteiger partial charge in [0.15, 0.2) is 0 Å². The number of hydrogen-bond acceptors (Lipinski definition) is 5. The number of hydrogen-bond donors (Lipinski definition) is 4. The lowest BCUT2D eigenvalue weighted by Gasteiger charge is -2.25. The third-order valence-corrected chi connectivity index (χ3v) is 7.31. The third kappa shape index (κ3) is 7.12. The fourth-order valence-corrected chi connectivity index (χ4v) is 5.58. The van der Waals surface area contributed by atoms with Crippen molar-refractivity contribution < 1.29 is 14.4 Å². The Labute approximate surface area is 188 Å². The molecule has 0 spiro atoms. The number of thiol groups is 1. The highest BCUT2D eigenvalue weighted by Gasteiger charge is 2.37. The van der Waals surface area contributed by atoms with Crippen LogP contribution >= 0.6 is 24.4 Å². The number of thioether (sulfide) groups is 1. The van der Waals surface area contributed by atoms with Crippen LogP contribution < -0.4 is 16.4 Å². The Balaban J connectivity index is 2.10. The minimum absolute atomic E-state index is 0.00269. The molecule has 166 valence electrons. The van der Waals surface area contributed by atoms with Crippen LogP contribution in [0.25, 0.3) is 0 Å². The number of primary amides is 1. The molecule has 30 heavy (non-hydrogen) atoms. The first-order chi connectivity index (χ1) is 14.2. The first kappa shape index (κ1) is 24.4. The van der Waals surface area contributed by atoms with E-state index in [1.165, 1.54) is 11.8 Å². The number of benzene rings is 1. The third-order valence-electron chi connectivity index (χ3n) is 5.03. The molecule has 7 nitrogen and oxygen atoms in total. The monoisotopic (exact) mass is 452 g/mol. The average Bonchev–Trinajstić information content (AvgIpc) is 3.07. The Bertz CT molecular complexity index is 732. The van der Waals surface area contributed by atoms with Gasteiger partial charge < -0.3 is 21.3 Å². The van der Waals surface area contributed by atoms with Crippen molar-refractivity contribution in [2.75, 3.05) is 20.1 Å². The summed E-state index contributed by atoms with van der Waals surface area (Å²) in [4.78, 5) is 38.6. The Hall–Kier alpha value is -1.87. The van der Waals surface area contributed by atoms with Crippen molar-refractivity contribution in [3.05, 3.63) is 35.9 Å². The predicted molar refractivity (Wildman–Crippen MR) is 125 cm³/mol. The largest absolute Gasteiger partial charge is 0.357 e. The average molecular weight is 453 g/mol. The number of amides is 4. The van der Waals surface area contributed by atoms with Gasteiger partial charge in [0.2, 0.25) is 11.8 Å². The van der Waals surface area contributed by atoms with E-state index >= 15 is 0 Å². The molecule has 2 rings (SSSR count). The highest BCUT2D eigenvalue weighted by molar-refractivity contribution is 8.02. The van der Waals surface area contributed by atoms with E-state index in [0.717, 1.165) is 5.56 Å². The maximum Gasteiger partial charge on any atom is 0.314 e. The summed E-state index contributed by atoms with van der Waals surface area (Å²) in [6, 6.07) is 8.48. The first-order valence-electron chi connectivity index (χ1n) is 10.1. The van der Waals surface area contributed by atoms with Crippen molar-refractivity contribution in [2.24, 2.45) is 11.7 Å². The van der Waals surface area contributed by atoms with E-state index in [2.05, 4.69) is 37.1 Å². The van der Waals surface area contributed by atoms with Crippen LogP contribution in [0, 0.1) is 5.92 Å². The SMILES string of the molecule is CNC(=O)[C@H](Cc1ccccc1)NC(=O)[C@@H](CC(C)C)S[C@H]1CN(C(N)=O)C[C@H]1S. The molecule has 1 aliphatic heterocycles. The summed E-state index contributed by atoms with van der Waals surface area (Å²) in [5.74, 6) is -0.0996. The summed E-state index contributed by atoms with van der Waals surface area (Å²) in [7, 11) is 1.56. The van der Waals surface area contributed by atoms with Gasteiger partial charge in [0.05, 0.1) is 5.25 Å². The first-order valence-corrected chi connectivity index (χ1v) is 11.6. The molecule has 4 atom stereocenters. The van der Waals surface area contributed by atoms with E-state index in [0.29, 0.717) is 31.8 Å². The smallest absolute Gasteiger partial charge is 0.314 e. The second-order valence-electron chi connectivity index (χ2n) is 7.97. The molecule has 1 aromatic carbocycles. The van der Waals surface area contributed by atoms with Crippen LogP contribution in [0.2, 0.25) is 0 Å². The van der Waals surface area contributed by atoms with Gasteiger partial charge in [-0.1, -0.05) is 44.2 Å². The van der Waals surface area contributed by atoms with E-state index in [-0.39, 0.29) is 27.6 Å². The molecule has 1 heterocycles. The Kier molecular flexibility index (Phi) is 9.36. The van der Waals surface area contributed by atoms with Gasteiger partial charge in [0, 0.05) is 37.1 Å². The number of urea groups is 1. The quantitative estimate of drug-likeness (QED) is 0.428. The fourth-order valence-electron chi connectivity index (χ4n) is 3.43. The Morgan fingerprint density at radius 3 is 2.40 bits per heavy atom. The maximum absolute atomic E-state index is 13.2. The molecule has 0 aromatic heterocycles. The zero-order chi connectivity index (χ0) is 22.3. The van der Waals surface area contributed by atoms with Crippen LogP contribution in [0.4, 0.5) is 4.79 Å². The molecule has 4 amide bonds. The summed E-state index contributed by atoms with van der Waals surface area (Å²) >= 11 is 6.11. The molecule has 0 unspecified atom stereocenters. The summed E-state index contributed by atoms with van der Waals surface area (Å²) in [6.45, 7) is 5.06. The number of rotatable bonds is 9. The molecule has 0 aliphatic carbocycles. The summed E-state index contributed by atoms with van der Waals surface area (Å²) in [5.41, 5.74) is 6.38. The van der Waals surface area contributed by atoms with Crippen LogP contribution in [0.1, 0.15) is 25.8 Å². The highest BCUT2D eigenvalue weighted by atomic mass is 32.2. The standard InChI is InChI=1S/C21H32N4O3S2/c1-13(2)9-17(30-18-12-25(21(22)28)11-16(18)29)20(27)24-15(19(26)23-3)10-14-7-5-4-6-8-14/h4-8,13,15-18,29H,9-12H2,1-3H3,(H2,22,28)(H,23,26)(H,24,27)/t15-,16+,17+,18-/m0/s1. The van der Waals surface area contributed by atoms with E-state index in [9.17, 15) is 14.4 Å². The van der Waals surface area contributed by atoms with Crippen molar-refractivity contribution in [2.45, 2.75) is 48.5 Å². The van der Waals surface area contributed by atoms with Crippen LogP contribution in [-0.2, 0) is 16.0 Å². The zero-order valence-electron chi connectivity index (χ0n) is 17.7. The Morgan fingerprint density at radius 2 is 1.87 bits per heavy atom. The van der Waals surface area contributed by atoms with Crippen molar-refractivity contribution in [3.63, 3.8) is 0 Å². The lowest BCUT2D eigenvalue weighted by molar-refractivity contribution is -0.128. The van der Waals surface area contributed by atoms with Gasteiger partial charge in [-0.05, 0) is 17.9 Å². The molecule has 4 N–H and O–H groups in total. The van der Waals surface area contributed by atoms with Crippen molar-refractivity contribution in [3.8, 4) is 0 Å². The van der Waals surface area contributed by atoms with Crippen molar-refractivity contribution in [1.82, 2.24) is 15.5 Å². The molecule has 1 aromatic rings. The van der Waals surface area contributed by atoms with Crippen LogP contribution in [0.5, 0.6) is 0 Å². The topological polar surface area (TPSA) is 105 Å².